The Morgan fingerprint density at radius 3 is 2.35 bits per heavy atom. The molecular formula is C22H36IN5O3. The molecule has 31 heavy (non-hydrogen) atoms. The van der Waals surface area contributed by atoms with E-state index in [2.05, 4.69) is 27.9 Å². The van der Waals surface area contributed by atoms with E-state index in [1.54, 1.807) is 11.9 Å². The Balaban J connectivity index is 0.00000480. The molecule has 1 aromatic rings. The number of carbonyl (C=O) groups excluding carboxylic acids is 2. The van der Waals surface area contributed by atoms with E-state index in [0.717, 1.165) is 18.4 Å². The maximum atomic E-state index is 12.1. The second kappa shape index (κ2) is 12.7. The van der Waals surface area contributed by atoms with Crippen molar-refractivity contribution < 1.29 is 14.3 Å². The summed E-state index contributed by atoms with van der Waals surface area (Å²) in [7, 11) is 1.71. The normalized spacial score (nSPS) is 14.2. The number of hydrogen-bond donors (Lipinski definition) is 3. The number of benzene rings is 1. The molecule has 0 bridgehead atoms. The van der Waals surface area contributed by atoms with E-state index in [9.17, 15) is 9.59 Å². The molecule has 1 aliphatic rings. The molecule has 3 N–H and O–H groups in total. The lowest BCUT2D eigenvalue weighted by Gasteiger charge is -2.40. The molecule has 0 atom stereocenters. The van der Waals surface area contributed by atoms with E-state index in [0.29, 0.717) is 37.7 Å². The molecule has 0 spiro atoms. The van der Waals surface area contributed by atoms with Gasteiger partial charge in [0.25, 0.3) is 5.91 Å². The number of likely N-dealkylation sites (tertiary alicyclic amines) is 1. The minimum absolute atomic E-state index is 0. The summed E-state index contributed by atoms with van der Waals surface area (Å²) in [4.78, 5) is 30.0. The van der Waals surface area contributed by atoms with Crippen molar-refractivity contribution in [2.24, 2.45) is 4.99 Å². The zero-order valence-electron chi connectivity index (χ0n) is 19.2. The summed E-state index contributed by atoms with van der Waals surface area (Å²) in [5.41, 5.74) is 1.22. The van der Waals surface area contributed by atoms with E-state index in [4.69, 9.17) is 4.74 Å². The third-order valence-electron chi connectivity index (χ3n) is 4.59. The summed E-state index contributed by atoms with van der Waals surface area (Å²) in [6.07, 6.45) is 1.75. The van der Waals surface area contributed by atoms with Crippen molar-refractivity contribution in [3.05, 3.63) is 35.4 Å². The van der Waals surface area contributed by atoms with E-state index in [1.807, 2.05) is 45.0 Å². The third kappa shape index (κ3) is 9.32. The number of guanidine groups is 1. The summed E-state index contributed by atoms with van der Waals surface area (Å²) in [6, 6.07) is 7.67. The molecule has 1 fully saturated rings. The van der Waals surface area contributed by atoms with Gasteiger partial charge in [-0.1, -0.05) is 25.5 Å². The van der Waals surface area contributed by atoms with Gasteiger partial charge in [-0.2, -0.15) is 0 Å². The summed E-state index contributed by atoms with van der Waals surface area (Å²) in [6.45, 7) is 10.1. The second-order valence-electron chi connectivity index (χ2n) is 8.46. The number of ether oxygens (including phenoxy) is 1. The first-order valence-corrected chi connectivity index (χ1v) is 10.5. The highest BCUT2D eigenvalue weighted by atomic mass is 127. The lowest BCUT2D eigenvalue weighted by Crippen LogP contribution is -2.63. The van der Waals surface area contributed by atoms with Crippen LogP contribution in [-0.2, 0) is 11.3 Å². The summed E-state index contributed by atoms with van der Waals surface area (Å²) >= 11 is 0. The van der Waals surface area contributed by atoms with Gasteiger partial charge in [-0.05, 0) is 44.9 Å². The predicted octanol–water partition coefficient (Wildman–Crippen LogP) is 3.12. The quantitative estimate of drug-likeness (QED) is 0.212. The number of unbranched alkanes of at least 4 members (excludes halogenated alkanes) is 1. The first-order chi connectivity index (χ1) is 14.2. The SMILES string of the molecule is CCCCNC(=O)c1ccc(CNC(=NC)NC2CN(C(=O)OC(C)(C)C)C2)cc1.I. The summed E-state index contributed by atoms with van der Waals surface area (Å²) in [5, 5.41) is 9.48. The molecule has 8 nitrogen and oxygen atoms in total. The standard InChI is InChI=1S/C22H35N5O3.HI/c1-6-7-12-24-19(28)17-10-8-16(9-11-17)13-25-20(23-5)26-18-14-27(15-18)21(29)30-22(2,3)4;/h8-11,18H,6-7,12-15H2,1-5H3,(H,24,28)(H2,23,25,26);1H. The maximum Gasteiger partial charge on any atom is 0.410 e. The van der Waals surface area contributed by atoms with Crippen LogP contribution in [0.2, 0.25) is 0 Å². The smallest absolute Gasteiger partial charge is 0.410 e. The summed E-state index contributed by atoms with van der Waals surface area (Å²) in [5.74, 6) is 0.630. The van der Waals surface area contributed by atoms with Crippen molar-refractivity contribution in [3.63, 3.8) is 0 Å². The van der Waals surface area contributed by atoms with E-state index < -0.39 is 5.60 Å². The minimum atomic E-state index is -0.487. The molecule has 0 saturated carbocycles. The topological polar surface area (TPSA) is 95.1 Å². The Hall–Kier alpha value is -2.04. The van der Waals surface area contributed by atoms with Crippen molar-refractivity contribution in [3.8, 4) is 0 Å². The number of halogens is 1. The molecule has 2 rings (SSSR count). The van der Waals surface area contributed by atoms with Gasteiger partial charge in [0.2, 0.25) is 0 Å². The first-order valence-electron chi connectivity index (χ1n) is 10.5. The third-order valence-corrected chi connectivity index (χ3v) is 4.59. The van der Waals surface area contributed by atoms with Crippen LogP contribution in [0.3, 0.4) is 0 Å². The minimum Gasteiger partial charge on any atom is -0.444 e. The van der Waals surface area contributed by atoms with Crippen LogP contribution >= 0.6 is 24.0 Å². The molecule has 1 heterocycles. The fourth-order valence-electron chi connectivity index (χ4n) is 2.87. The first kappa shape index (κ1) is 27.0. The molecule has 9 heteroatoms. The molecule has 1 saturated heterocycles. The highest BCUT2D eigenvalue weighted by molar-refractivity contribution is 14.0. The Kier molecular flexibility index (Phi) is 11.1. The fraction of sp³-hybridized carbons (Fsp3) is 0.591. The van der Waals surface area contributed by atoms with Gasteiger partial charge in [0.05, 0.1) is 6.04 Å². The number of amides is 2. The molecule has 0 aliphatic carbocycles. The van der Waals surface area contributed by atoms with Gasteiger partial charge in [-0.15, -0.1) is 24.0 Å². The van der Waals surface area contributed by atoms with Crippen molar-refractivity contribution in [1.29, 1.82) is 0 Å². The zero-order chi connectivity index (χ0) is 22.1. The number of nitrogens with zero attached hydrogens (tertiary/aromatic N) is 2. The van der Waals surface area contributed by atoms with Crippen molar-refractivity contribution in [2.45, 2.75) is 58.7 Å². The second-order valence-corrected chi connectivity index (χ2v) is 8.46. The van der Waals surface area contributed by atoms with Gasteiger partial charge in [0.15, 0.2) is 5.96 Å². The Morgan fingerprint density at radius 2 is 1.81 bits per heavy atom. The van der Waals surface area contributed by atoms with Gasteiger partial charge in [0, 0.05) is 38.8 Å². The predicted molar refractivity (Wildman–Crippen MR) is 134 cm³/mol. The van der Waals surface area contributed by atoms with Crippen LogP contribution in [0.5, 0.6) is 0 Å². The largest absolute Gasteiger partial charge is 0.444 e. The average molecular weight is 545 g/mol. The van der Waals surface area contributed by atoms with Crippen LogP contribution in [0.1, 0.15) is 56.5 Å². The van der Waals surface area contributed by atoms with E-state index >= 15 is 0 Å². The van der Waals surface area contributed by atoms with Gasteiger partial charge >= 0.3 is 6.09 Å². The lowest BCUT2D eigenvalue weighted by molar-refractivity contribution is 0.00700. The Morgan fingerprint density at radius 1 is 1.16 bits per heavy atom. The van der Waals surface area contributed by atoms with E-state index in [-0.39, 0.29) is 42.0 Å². The summed E-state index contributed by atoms with van der Waals surface area (Å²) < 4.78 is 5.37. The van der Waals surface area contributed by atoms with Crippen LogP contribution in [0.15, 0.2) is 29.3 Å². The highest BCUT2D eigenvalue weighted by Gasteiger charge is 2.34. The van der Waals surface area contributed by atoms with Crippen molar-refractivity contribution >= 4 is 41.9 Å². The molecule has 0 radical (unpaired) electrons. The zero-order valence-corrected chi connectivity index (χ0v) is 21.5. The van der Waals surface area contributed by atoms with Crippen LogP contribution in [0.25, 0.3) is 0 Å². The molecule has 174 valence electrons. The highest BCUT2D eigenvalue weighted by Crippen LogP contribution is 2.15. The fourth-order valence-corrected chi connectivity index (χ4v) is 2.87. The number of hydrogen-bond acceptors (Lipinski definition) is 4. The van der Waals surface area contributed by atoms with Gasteiger partial charge < -0.3 is 25.6 Å². The number of rotatable bonds is 7. The van der Waals surface area contributed by atoms with Crippen LogP contribution in [0.4, 0.5) is 4.79 Å². The number of aliphatic imine (C=N–C) groups is 1. The molecular weight excluding hydrogens is 509 g/mol. The number of nitrogens with one attached hydrogen (secondary N) is 3. The number of carbonyl (C=O) groups is 2. The van der Waals surface area contributed by atoms with Gasteiger partial charge in [-0.3, -0.25) is 9.79 Å². The molecule has 0 aromatic heterocycles. The van der Waals surface area contributed by atoms with E-state index in [1.165, 1.54) is 0 Å². The Labute approximate surface area is 202 Å². The maximum absolute atomic E-state index is 12.1. The Bertz CT molecular complexity index is 741. The molecule has 1 aliphatic heterocycles. The van der Waals surface area contributed by atoms with Gasteiger partial charge in [-0.25, -0.2) is 4.79 Å². The van der Waals surface area contributed by atoms with Crippen molar-refractivity contribution in [1.82, 2.24) is 20.9 Å². The van der Waals surface area contributed by atoms with Crippen LogP contribution in [-0.4, -0.2) is 61.2 Å². The van der Waals surface area contributed by atoms with Crippen LogP contribution in [0, 0.1) is 0 Å². The van der Waals surface area contributed by atoms with Crippen LogP contribution < -0.4 is 16.0 Å². The monoisotopic (exact) mass is 545 g/mol. The molecule has 2 amide bonds. The van der Waals surface area contributed by atoms with Crippen molar-refractivity contribution in [2.75, 3.05) is 26.7 Å². The average Bonchev–Trinajstić information content (AvgIpc) is 2.65. The molecule has 0 unspecified atom stereocenters. The van der Waals surface area contributed by atoms with Gasteiger partial charge in [0.1, 0.15) is 5.60 Å². The molecule has 1 aromatic carbocycles. The lowest BCUT2D eigenvalue weighted by atomic mass is 10.1.